The minimum absolute atomic E-state index is 0.140. The number of benzene rings is 1. The van der Waals surface area contributed by atoms with E-state index in [0.717, 1.165) is 0 Å². The van der Waals surface area contributed by atoms with E-state index in [9.17, 15) is 9.59 Å². The molecule has 98 valence electrons. The Morgan fingerprint density at radius 3 is 2.74 bits per heavy atom. The first kappa shape index (κ1) is 13.8. The highest BCUT2D eigenvalue weighted by atomic mass is 79.9. The first-order valence-electron chi connectivity index (χ1n) is 5.41. The van der Waals surface area contributed by atoms with Gasteiger partial charge in [0.2, 0.25) is 5.56 Å². The summed E-state index contributed by atoms with van der Waals surface area (Å²) in [6.45, 7) is 0. The number of anilines is 1. The molecule has 2 rings (SSSR count). The fourth-order valence-electron chi connectivity index (χ4n) is 1.55. The highest BCUT2D eigenvalue weighted by Crippen LogP contribution is 2.26. The molecule has 0 aliphatic heterocycles. The maximum atomic E-state index is 12.1. The van der Waals surface area contributed by atoms with Crippen molar-refractivity contribution >= 4 is 39.1 Å². The molecule has 19 heavy (non-hydrogen) atoms. The maximum absolute atomic E-state index is 12.1. The van der Waals surface area contributed by atoms with Crippen LogP contribution >= 0.6 is 27.5 Å². The number of aryl methyl sites for hydroxylation is 1. The number of carbonyl (C=O) groups is 1. The van der Waals surface area contributed by atoms with Gasteiger partial charge in [-0.05, 0) is 34.1 Å². The average Bonchev–Trinajstić information content (AvgIpc) is 2.37. The van der Waals surface area contributed by atoms with Gasteiger partial charge in [0.25, 0.3) is 5.91 Å². The minimum Gasteiger partial charge on any atom is -0.321 e. The topological polar surface area (TPSA) is 51.1 Å². The van der Waals surface area contributed by atoms with Gasteiger partial charge in [0, 0.05) is 23.8 Å². The molecule has 1 amide bonds. The lowest BCUT2D eigenvalue weighted by Crippen LogP contribution is -2.18. The smallest absolute Gasteiger partial charge is 0.257 e. The summed E-state index contributed by atoms with van der Waals surface area (Å²) in [4.78, 5) is 23.3. The standard InChI is InChI=1S/C13H10BrClN2O2/c1-17-7-8(5-6-11(17)18)16-13(19)9-3-2-4-10(14)12(9)15/h2-7H,1H3,(H,16,19). The molecule has 0 saturated heterocycles. The van der Waals surface area contributed by atoms with Crippen molar-refractivity contribution in [1.82, 2.24) is 4.57 Å². The number of amides is 1. The van der Waals surface area contributed by atoms with Gasteiger partial charge in [0.1, 0.15) is 0 Å². The summed E-state index contributed by atoms with van der Waals surface area (Å²) in [5.74, 6) is -0.329. The van der Waals surface area contributed by atoms with Crippen molar-refractivity contribution < 1.29 is 4.79 Å². The fourth-order valence-corrected chi connectivity index (χ4v) is 2.12. The van der Waals surface area contributed by atoms with Crippen LogP contribution in [0.4, 0.5) is 5.69 Å². The first-order valence-corrected chi connectivity index (χ1v) is 6.58. The lowest BCUT2D eigenvalue weighted by atomic mass is 10.2. The molecule has 1 N–H and O–H groups in total. The van der Waals surface area contributed by atoms with Gasteiger partial charge in [-0.25, -0.2) is 0 Å². The van der Waals surface area contributed by atoms with Gasteiger partial charge in [0.05, 0.1) is 16.3 Å². The third-order valence-corrected chi connectivity index (χ3v) is 3.84. The van der Waals surface area contributed by atoms with Crippen LogP contribution in [0.2, 0.25) is 5.02 Å². The summed E-state index contributed by atoms with van der Waals surface area (Å²) in [5, 5.41) is 3.04. The molecule has 1 aromatic heterocycles. The molecular weight excluding hydrogens is 332 g/mol. The monoisotopic (exact) mass is 340 g/mol. The van der Waals surface area contributed by atoms with E-state index < -0.39 is 0 Å². The van der Waals surface area contributed by atoms with Crippen molar-refractivity contribution in [2.24, 2.45) is 7.05 Å². The number of hydrogen-bond acceptors (Lipinski definition) is 2. The third-order valence-electron chi connectivity index (χ3n) is 2.54. The molecule has 0 bridgehead atoms. The summed E-state index contributed by atoms with van der Waals surface area (Å²) in [5.41, 5.74) is 0.756. The number of hydrogen-bond donors (Lipinski definition) is 1. The predicted octanol–water partition coefficient (Wildman–Crippen LogP) is 3.05. The molecule has 2 aromatic rings. The van der Waals surface area contributed by atoms with Gasteiger partial charge >= 0.3 is 0 Å². The zero-order valence-electron chi connectivity index (χ0n) is 9.98. The second-order valence-corrected chi connectivity index (χ2v) is 5.15. The van der Waals surface area contributed by atoms with Gasteiger partial charge in [0.15, 0.2) is 0 Å². The molecule has 1 aromatic carbocycles. The van der Waals surface area contributed by atoms with Crippen LogP contribution in [-0.2, 0) is 7.05 Å². The number of nitrogens with one attached hydrogen (secondary N) is 1. The summed E-state index contributed by atoms with van der Waals surface area (Å²) >= 11 is 9.31. The Bertz CT molecular complexity index is 697. The molecule has 0 aliphatic carbocycles. The predicted molar refractivity (Wildman–Crippen MR) is 78.8 cm³/mol. The van der Waals surface area contributed by atoms with E-state index in [4.69, 9.17) is 11.6 Å². The molecular formula is C13H10BrClN2O2. The zero-order valence-corrected chi connectivity index (χ0v) is 12.3. The number of pyridine rings is 1. The van der Waals surface area contributed by atoms with Gasteiger partial charge in [-0.3, -0.25) is 9.59 Å². The summed E-state index contributed by atoms with van der Waals surface area (Å²) < 4.78 is 2.04. The molecule has 0 atom stereocenters. The quantitative estimate of drug-likeness (QED) is 0.913. The molecule has 0 spiro atoms. The number of rotatable bonds is 2. The van der Waals surface area contributed by atoms with Crippen molar-refractivity contribution in [3.05, 3.63) is 61.9 Å². The van der Waals surface area contributed by atoms with E-state index in [1.165, 1.54) is 10.6 Å². The summed E-state index contributed by atoms with van der Waals surface area (Å²) in [7, 11) is 1.62. The van der Waals surface area contributed by atoms with Crippen LogP contribution in [0.3, 0.4) is 0 Å². The summed E-state index contributed by atoms with van der Waals surface area (Å²) in [6, 6.07) is 8.05. The van der Waals surface area contributed by atoms with Gasteiger partial charge in [-0.1, -0.05) is 17.7 Å². The molecule has 0 aliphatic rings. The van der Waals surface area contributed by atoms with E-state index in [2.05, 4.69) is 21.2 Å². The minimum atomic E-state index is -0.329. The van der Waals surface area contributed by atoms with E-state index in [-0.39, 0.29) is 11.5 Å². The second-order valence-electron chi connectivity index (χ2n) is 3.92. The zero-order chi connectivity index (χ0) is 14.0. The molecule has 0 unspecified atom stereocenters. The normalized spacial score (nSPS) is 10.3. The van der Waals surface area contributed by atoms with Crippen molar-refractivity contribution in [2.75, 3.05) is 5.32 Å². The number of halogens is 2. The highest BCUT2D eigenvalue weighted by Gasteiger charge is 2.12. The lowest BCUT2D eigenvalue weighted by molar-refractivity contribution is 0.102. The van der Waals surface area contributed by atoms with Crippen molar-refractivity contribution in [2.45, 2.75) is 0 Å². The third kappa shape index (κ3) is 3.05. The largest absolute Gasteiger partial charge is 0.321 e. The molecule has 0 radical (unpaired) electrons. The van der Waals surface area contributed by atoms with Crippen LogP contribution in [0.25, 0.3) is 0 Å². The Morgan fingerprint density at radius 2 is 2.05 bits per heavy atom. The molecule has 1 heterocycles. The van der Waals surface area contributed by atoms with E-state index in [1.807, 2.05) is 0 Å². The Balaban J connectivity index is 2.28. The lowest BCUT2D eigenvalue weighted by Gasteiger charge is -2.08. The van der Waals surface area contributed by atoms with Crippen molar-refractivity contribution in [3.63, 3.8) is 0 Å². The van der Waals surface area contributed by atoms with Crippen LogP contribution in [0.1, 0.15) is 10.4 Å². The van der Waals surface area contributed by atoms with Crippen LogP contribution in [-0.4, -0.2) is 10.5 Å². The van der Waals surface area contributed by atoms with Gasteiger partial charge in [-0.2, -0.15) is 0 Å². The molecule has 4 nitrogen and oxygen atoms in total. The maximum Gasteiger partial charge on any atom is 0.257 e. The van der Waals surface area contributed by atoms with E-state index >= 15 is 0 Å². The van der Waals surface area contributed by atoms with Crippen LogP contribution in [0, 0.1) is 0 Å². The van der Waals surface area contributed by atoms with Crippen LogP contribution in [0.15, 0.2) is 45.8 Å². The molecule has 0 fully saturated rings. The second kappa shape index (κ2) is 5.59. The summed E-state index contributed by atoms with van der Waals surface area (Å²) in [6.07, 6.45) is 1.55. The van der Waals surface area contributed by atoms with Crippen LogP contribution < -0.4 is 10.9 Å². The first-order chi connectivity index (χ1) is 8.99. The number of nitrogens with zero attached hydrogens (tertiary/aromatic N) is 1. The Kier molecular flexibility index (Phi) is 4.07. The van der Waals surface area contributed by atoms with E-state index in [0.29, 0.717) is 20.7 Å². The van der Waals surface area contributed by atoms with Crippen molar-refractivity contribution in [1.29, 1.82) is 0 Å². The molecule has 6 heteroatoms. The van der Waals surface area contributed by atoms with Gasteiger partial charge in [-0.15, -0.1) is 0 Å². The number of carbonyl (C=O) groups excluding carboxylic acids is 1. The average molecular weight is 342 g/mol. The van der Waals surface area contributed by atoms with Crippen molar-refractivity contribution in [3.8, 4) is 0 Å². The highest BCUT2D eigenvalue weighted by molar-refractivity contribution is 9.10. The Labute approximate surface area is 123 Å². The molecule has 0 saturated carbocycles. The number of aromatic nitrogens is 1. The Hall–Kier alpha value is -1.59. The van der Waals surface area contributed by atoms with Gasteiger partial charge < -0.3 is 9.88 Å². The van der Waals surface area contributed by atoms with Crippen LogP contribution in [0.5, 0.6) is 0 Å². The van der Waals surface area contributed by atoms with E-state index in [1.54, 1.807) is 37.5 Å². The fraction of sp³-hybridized carbons (Fsp3) is 0.0769. The SMILES string of the molecule is Cn1cc(NC(=O)c2cccc(Br)c2Cl)ccc1=O. The Morgan fingerprint density at radius 1 is 1.32 bits per heavy atom.